The van der Waals surface area contributed by atoms with E-state index in [0.29, 0.717) is 0 Å². The second kappa shape index (κ2) is 7.50. The zero-order valence-electron chi connectivity index (χ0n) is 10.8. The number of nitrogens with one attached hydrogen (secondary N) is 1. The minimum atomic E-state index is 0.872. The summed E-state index contributed by atoms with van der Waals surface area (Å²) in [5.41, 5.74) is 1.20. The van der Waals surface area contributed by atoms with Crippen LogP contribution in [-0.2, 0) is 5.75 Å². The van der Waals surface area contributed by atoms with Crippen molar-refractivity contribution in [2.45, 2.75) is 24.1 Å². The highest BCUT2D eigenvalue weighted by Crippen LogP contribution is 2.27. The largest absolute Gasteiger partial charge is 0.370 e. The van der Waals surface area contributed by atoms with Crippen LogP contribution in [0.2, 0.25) is 0 Å². The molecule has 0 aliphatic carbocycles. The number of nitrogens with zero attached hydrogens (tertiary/aromatic N) is 2. The van der Waals surface area contributed by atoms with Crippen LogP contribution in [0.25, 0.3) is 0 Å². The van der Waals surface area contributed by atoms with Crippen LogP contribution in [0.1, 0.15) is 18.9 Å². The Labute approximate surface area is 126 Å². The van der Waals surface area contributed by atoms with Crippen LogP contribution in [0.4, 0.5) is 5.82 Å². The molecule has 2 heterocycles. The normalized spacial score (nSPS) is 10.4. The molecule has 0 saturated heterocycles. The quantitative estimate of drug-likeness (QED) is 0.795. The summed E-state index contributed by atoms with van der Waals surface area (Å²) >= 11 is 5.21. The third kappa shape index (κ3) is 4.51. The van der Waals surface area contributed by atoms with E-state index in [9.17, 15) is 0 Å². The van der Waals surface area contributed by atoms with E-state index in [1.54, 1.807) is 11.8 Å². The molecule has 2 aromatic heterocycles. The molecule has 2 aromatic rings. The van der Waals surface area contributed by atoms with Gasteiger partial charge < -0.3 is 5.32 Å². The van der Waals surface area contributed by atoms with E-state index in [4.69, 9.17) is 0 Å². The van der Waals surface area contributed by atoms with E-state index in [0.717, 1.165) is 34.0 Å². The minimum Gasteiger partial charge on any atom is -0.370 e. The van der Waals surface area contributed by atoms with E-state index in [1.165, 1.54) is 5.56 Å². The lowest BCUT2D eigenvalue weighted by Gasteiger charge is -2.05. The van der Waals surface area contributed by atoms with Crippen molar-refractivity contribution in [3.8, 4) is 0 Å². The fourth-order valence-electron chi connectivity index (χ4n) is 1.50. The molecule has 0 aliphatic heterocycles. The summed E-state index contributed by atoms with van der Waals surface area (Å²) in [7, 11) is 0. The molecule has 0 unspecified atom stereocenters. The zero-order chi connectivity index (χ0) is 13.5. The molecule has 19 heavy (non-hydrogen) atoms. The van der Waals surface area contributed by atoms with Gasteiger partial charge in [0, 0.05) is 29.2 Å². The number of pyridine rings is 2. The van der Waals surface area contributed by atoms with Crippen LogP contribution in [0, 0.1) is 0 Å². The summed E-state index contributed by atoms with van der Waals surface area (Å²) in [5.74, 6) is 1.81. The van der Waals surface area contributed by atoms with Gasteiger partial charge in [-0.15, -0.1) is 11.8 Å². The summed E-state index contributed by atoms with van der Waals surface area (Å²) in [6.07, 6.45) is 4.83. The monoisotopic (exact) mass is 337 g/mol. The van der Waals surface area contributed by atoms with Gasteiger partial charge in [-0.3, -0.25) is 0 Å². The minimum absolute atomic E-state index is 0.872. The zero-order valence-corrected chi connectivity index (χ0v) is 13.2. The van der Waals surface area contributed by atoms with Crippen molar-refractivity contribution in [3.63, 3.8) is 0 Å². The Morgan fingerprint density at radius 3 is 2.84 bits per heavy atom. The molecule has 100 valence electrons. The second-order valence-electron chi connectivity index (χ2n) is 4.06. The average molecular weight is 338 g/mol. The molecule has 1 N–H and O–H groups in total. The van der Waals surface area contributed by atoms with Gasteiger partial charge in [0.2, 0.25) is 0 Å². The van der Waals surface area contributed by atoms with Crippen LogP contribution in [0.5, 0.6) is 0 Å². The number of hydrogen-bond donors (Lipinski definition) is 1. The topological polar surface area (TPSA) is 37.8 Å². The molecule has 0 spiro atoms. The third-order valence-corrected chi connectivity index (χ3v) is 4.46. The molecule has 0 atom stereocenters. The van der Waals surface area contributed by atoms with Crippen molar-refractivity contribution in [1.29, 1.82) is 0 Å². The summed E-state index contributed by atoms with van der Waals surface area (Å²) in [4.78, 5) is 8.73. The molecule has 0 saturated carbocycles. The van der Waals surface area contributed by atoms with Gasteiger partial charge in [-0.05, 0) is 46.1 Å². The number of thioether (sulfide) groups is 1. The first kappa shape index (κ1) is 14.3. The molecule has 0 amide bonds. The molecule has 3 nitrogen and oxygen atoms in total. The predicted molar refractivity (Wildman–Crippen MR) is 84.5 cm³/mol. The molecular weight excluding hydrogens is 322 g/mol. The molecule has 2 rings (SSSR count). The maximum absolute atomic E-state index is 4.39. The Morgan fingerprint density at radius 2 is 2.16 bits per heavy atom. The highest BCUT2D eigenvalue weighted by Gasteiger charge is 2.02. The van der Waals surface area contributed by atoms with Crippen LogP contribution in [0.3, 0.4) is 0 Å². The Bertz CT molecular complexity index is 516. The fourth-order valence-corrected chi connectivity index (χ4v) is 2.91. The number of hydrogen-bond acceptors (Lipinski definition) is 4. The van der Waals surface area contributed by atoms with Crippen LogP contribution >= 0.6 is 27.7 Å². The highest BCUT2D eigenvalue weighted by molar-refractivity contribution is 9.10. The van der Waals surface area contributed by atoms with Gasteiger partial charge in [0.1, 0.15) is 10.8 Å². The summed E-state index contributed by atoms with van der Waals surface area (Å²) in [5, 5.41) is 4.28. The summed E-state index contributed by atoms with van der Waals surface area (Å²) in [6, 6.07) is 8.06. The van der Waals surface area contributed by atoms with Crippen LogP contribution < -0.4 is 5.32 Å². The number of halogens is 1. The molecule has 0 bridgehead atoms. The van der Waals surface area contributed by atoms with Crippen molar-refractivity contribution in [3.05, 3.63) is 46.7 Å². The van der Waals surface area contributed by atoms with E-state index in [-0.39, 0.29) is 0 Å². The Balaban J connectivity index is 1.91. The molecule has 0 aromatic carbocycles. The number of aromatic nitrogens is 2. The Morgan fingerprint density at radius 1 is 1.26 bits per heavy atom. The summed E-state index contributed by atoms with van der Waals surface area (Å²) < 4.78 is 1.04. The molecule has 5 heteroatoms. The fraction of sp³-hybridized carbons (Fsp3) is 0.286. The lowest BCUT2D eigenvalue weighted by Crippen LogP contribution is -2.01. The lowest BCUT2D eigenvalue weighted by atomic mass is 10.3. The van der Waals surface area contributed by atoms with Gasteiger partial charge in [-0.1, -0.05) is 13.0 Å². The van der Waals surface area contributed by atoms with Crippen molar-refractivity contribution < 1.29 is 0 Å². The Hall–Kier alpha value is -1.07. The van der Waals surface area contributed by atoms with Crippen LogP contribution in [-0.4, -0.2) is 16.5 Å². The summed E-state index contributed by atoms with van der Waals surface area (Å²) in [6.45, 7) is 3.10. The van der Waals surface area contributed by atoms with Crippen molar-refractivity contribution in [2.24, 2.45) is 0 Å². The molecule has 0 radical (unpaired) electrons. The maximum atomic E-state index is 4.39. The third-order valence-electron chi connectivity index (χ3n) is 2.48. The van der Waals surface area contributed by atoms with Gasteiger partial charge >= 0.3 is 0 Å². The van der Waals surface area contributed by atoms with Gasteiger partial charge in [-0.25, -0.2) is 9.97 Å². The van der Waals surface area contributed by atoms with Crippen molar-refractivity contribution in [2.75, 3.05) is 11.9 Å². The lowest BCUT2D eigenvalue weighted by molar-refractivity contribution is 0.968. The first-order valence-electron chi connectivity index (χ1n) is 6.21. The van der Waals surface area contributed by atoms with Crippen molar-refractivity contribution in [1.82, 2.24) is 9.97 Å². The predicted octanol–water partition coefficient (Wildman–Crippen LogP) is 4.35. The smallest absolute Gasteiger partial charge is 0.125 e. The van der Waals surface area contributed by atoms with E-state index < -0.39 is 0 Å². The van der Waals surface area contributed by atoms with Crippen molar-refractivity contribution >= 4 is 33.5 Å². The van der Waals surface area contributed by atoms with Gasteiger partial charge in [0.15, 0.2) is 0 Å². The van der Waals surface area contributed by atoms with Gasteiger partial charge in [0.25, 0.3) is 0 Å². The average Bonchev–Trinajstić information content (AvgIpc) is 2.45. The first-order chi connectivity index (χ1) is 9.29. The SMILES string of the molecule is CCCNc1ccc(CSc2ncccc2Br)cn1. The second-order valence-corrected chi connectivity index (χ2v) is 5.88. The molecular formula is C14H16BrN3S. The maximum Gasteiger partial charge on any atom is 0.125 e. The first-order valence-corrected chi connectivity index (χ1v) is 7.99. The number of anilines is 1. The van der Waals surface area contributed by atoms with E-state index in [2.05, 4.69) is 44.2 Å². The standard InChI is InChI=1S/C14H16BrN3S/c1-2-7-16-13-6-5-11(9-18-13)10-19-14-12(15)4-3-8-17-14/h3-6,8-9H,2,7,10H2,1H3,(H,16,18). The Kier molecular flexibility index (Phi) is 5.66. The van der Waals surface area contributed by atoms with Gasteiger partial charge in [-0.2, -0.15) is 0 Å². The van der Waals surface area contributed by atoms with E-state index >= 15 is 0 Å². The van der Waals surface area contributed by atoms with Gasteiger partial charge in [0.05, 0.1) is 0 Å². The van der Waals surface area contributed by atoms with Crippen LogP contribution in [0.15, 0.2) is 46.2 Å². The number of rotatable bonds is 6. The molecule has 0 aliphatic rings. The van der Waals surface area contributed by atoms with E-state index in [1.807, 2.05) is 30.6 Å². The molecule has 0 fully saturated rings. The highest BCUT2D eigenvalue weighted by atomic mass is 79.9.